The average molecular weight is 306 g/mol. The van der Waals surface area contributed by atoms with Crippen molar-refractivity contribution in [3.05, 3.63) is 57.0 Å². The van der Waals surface area contributed by atoms with Crippen LogP contribution in [0.4, 0.5) is 0 Å². The van der Waals surface area contributed by atoms with Crippen molar-refractivity contribution < 1.29 is 0 Å². The zero-order valence-electron chi connectivity index (χ0n) is 8.68. The molecule has 0 nitrogen and oxygen atoms in total. The van der Waals surface area contributed by atoms with Crippen molar-refractivity contribution in [1.82, 2.24) is 0 Å². The fourth-order valence-corrected chi connectivity index (χ4v) is 2.80. The van der Waals surface area contributed by atoms with Crippen molar-refractivity contribution in [1.29, 1.82) is 0 Å². The Morgan fingerprint density at radius 3 is 2.12 bits per heavy atom. The molecule has 0 atom stereocenters. The van der Waals surface area contributed by atoms with Gasteiger partial charge < -0.3 is 0 Å². The van der Waals surface area contributed by atoms with Gasteiger partial charge in [-0.3, -0.25) is 0 Å². The van der Waals surface area contributed by atoms with Crippen LogP contribution < -0.4 is 0 Å². The molecule has 0 amide bonds. The van der Waals surface area contributed by atoms with Crippen molar-refractivity contribution in [2.45, 2.75) is 5.88 Å². The van der Waals surface area contributed by atoms with Crippen LogP contribution in [0.5, 0.6) is 0 Å². The minimum absolute atomic E-state index is 0.346. The maximum Gasteiger partial charge on any atom is 0.0495 e. The predicted octanol–water partition coefficient (Wildman–Crippen LogP) is 6.05. The lowest BCUT2D eigenvalue weighted by atomic mass is 10.0. The fourth-order valence-electron chi connectivity index (χ4n) is 1.67. The molecule has 0 spiro atoms. The Morgan fingerprint density at radius 1 is 0.882 bits per heavy atom. The molecule has 17 heavy (non-hydrogen) atoms. The van der Waals surface area contributed by atoms with Gasteiger partial charge in [-0.25, -0.2) is 0 Å². The topological polar surface area (TPSA) is 0 Å². The van der Waals surface area contributed by atoms with E-state index in [-0.39, 0.29) is 0 Å². The van der Waals surface area contributed by atoms with E-state index in [1.165, 1.54) is 0 Å². The Balaban J connectivity index is 2.63. The highest BCUT2D eigenvalue weighted by Crippen LogP contribution is 2.33. The summed E-state index contributed by atoms with van der Waals surface area (Å²) in [6, 6.07) is 11.0. The number of benzene rings is 2. The van der Waals surface area contributed by atoms with Gasteiger partial charge in [0.15, 0.2) is 0 Å². The van der Waals surface area contributed by atoms with Gasteiger partial charge in [0.25, 0.3) is 0 Å². The van der Waals surface area contributed by atoms with Gasteiger partial charge in [0, 0.05) is 20.9 Å². The van der Waals surface area contributed by atoms with Gasteiger partial charge in [0.1, 0.15) is 0 Å². The molecule has 0 aliphatic heterocycles. The predicted molar refractivity (Wildman–Crippen MR) is 76.5 cm³/mol. The molecular formula is C13H8Cl4. The summed E-state index contributed by atoms with van der Waals surface area (Å²) in [6.07, 6.45) is 0. The van der Waals surface area contributed by atoms with E-state index in [1.807, 2.05) is 30.3 Å². The molecule has 2 rings (SSSR count). The molecule has 2 aromatic carbocycles. The summed E-state index contributed by atoms with van der Waals surface area (Å²) in [4.78, 5) is 0. The zero-order valence-corrected chi connectivity index (χ0v) is 11.7. The Kier molecular flexibility index (Phi) is 4.22. The van der Waals surface area contributed by atoms with Gasteiger partial charge in [0.2, 0.25) is 0 Å². The number of hydrogen-bond acceptors (Lipinski definition) is 0. The maximum atomic E-state index is 6.11. The van der Waals surface area contributed by atoms with Crippen LogP contribution in [0.25, 0.3) is 11.1 Å². The van der Waals surface area contributed by atoms with Gasteiger partial charge in [-0.2, -0.15) is 0 Å². The van der Waals surface area contributed by atoms with Crippen LogP contribution in [0, 0.1) is 0 Å². The third-order valence-electron chi connectivity index (χ3n) is 2.43. The monoisotopic (exact) mass is 304 g/mol. The second-order valence-corrected chi connectivity index (χ2v) is 5.11. The average Bonchev–Trinajstić information content (AvgIpc) is 2.27. The van der Waals surface area contributed by atoms with Crippen LogP contribution in [0.2, 0.25) is 15.1 Å². The Labute approximate surface area is 120 Å². The van der Waals surface area contributed by atoms with Gasteiger partial charge >= 0.3 is 0 Å². The van der Waals surface area contributed by atoms with Crippen LogP contribution in [0.3, 0.4) is 0 Å². The van der Waals surface area contributed by atoms with E-state index in [9.17, 15) is 0 Å². The molecule has 0 N–H and O–H groups in total. The summed E-state index contributed by atoms with van der Waals surface area (Å²) >= 11 is 24.0. The van der Waals surface area contributed by atoms with Gasteiger partial charge in [-0.1, -0.05) is 46.9 Å². The summed E-state index contributed by atoms with van der Waals surface area (Å²) < 4.78 is 0. The van der Waals surface area contributed by atoms with Crippen molar-refractivity contribution in [3.63, 3.8) is 0 Å². The molecule has 0 radical (unpaired) electrons. The summed E-state index contributed by atoms with van der Waals surface area (Å²) in [7, 11) is 0. The summed E-state index contributed by atoms with van der Waals surface area (Å²) in [5.74, 6) is 0.346. The standard InChI is InChI=1S/C13H8Cl4/c14-7-12-11(2-1-3-13(12)17)8-4-9(15)6-10(16)5-8/h1-6H,7H2. The van der Waals surface area contributed by atoms with Crippen LogP contribution in [-0.4, -0.2) is 0 Å². The molecule has 0 unspecified atom stereocenters. The minimum atomic E-state index is 0.346. The van der Waals surface area contributed by atoms with Crippen LogP contribution in [-0.2, 0) is 5.88 Å². The second kappa shape index (κ2) is 5.49. The van der Waals surface area contributed by atoms with Crippen LogP contribution in [0.1, 0.15) is 5.56 Å². The number of halogens is 4. The highest BCUT2D eigenvalue weighted by Gasteiger charge is 2.09. The minimum Gasteiger partial charge on any atom is -0.121 e. The summed E-state index contributed by atoms with van der Waals surface area (Å²) in [5.41, 5.74) is 2.76. The van der Waals surface area contributed by atoms with E-state index in [1.54, 1.807) is 6.07 Å². The lowest BCUT2D eigenvalue weighted by Crippen LogP contribution is -1.88. The molecule has 0 fully saturated rings. The molecule has 0 aliphatic rings. The van der Waals surface area contributed by atoms with E-state index in [2.05, 4.69) is 0 Å². The smallest absolute Gasteiger partial charge is 0.0495 e. The van der Waals surface area contributed by atoms with Crippen molar-refractivity contribution in [2.75, 3.05) is 0 Å². The van der Waals surface area contributed by atoms with E-state index >= 15 is 0 Å². The van der Waals surface area contributed by atoms with Crippen molar-refractivity contribution in [2.24, 2.45) is 0 Å². The SMILES string of the molecule is ClCc1c(Cl)cccc1-c1cc(Cl)cc(Cl)c1. The molecule has 0 aromatic heterocycles. The molecule has 88 valence electrons. The van der Waals surface area contributed by atoms with Crippen molar-refractivity contribution in [3.8, 4) is 11.1 Å². The molecule has 0 saturated heterocycles. The maximum absolute atomic E-state index is 6.11. The van der Waals surface area contributed by atoms with Crippen LogP contribution in [0.15, 0.2) is 36.4 Å². The first-order chi connectivity index (χ1) is 8.11. The highest BCUT2D eigenvalue weighted by atomic mass is 35.5. The molecule has 0 heterocycles. The number of alkyl halides is 1. The summed E-state index contributed by atoms with van der Waals surface area (Å²) in [5, 5.41) is 1.83. The first-order valence-corrected chi connectivity index (χ1v) is 6.58. The normalized spacial score (nSPS) is 10.6. The largest absolute Gasteiger partial charge is 0.121 e. The second-order valence-electron chi connectivity index (χ2n) is 3.56. The van der Waals surface area contributed by atoms with Gasteiger partial charge in [0.05, 0.1) is 0 Å². The van der Waals surface area contributed by atoms with Gasteiger partial charge in [-0.15, -0.1) is 11.6 Å². The molecule has 0 saturated carbocycles. The molecular weight excluding hydrogens is 298 g/mol. The first kappa shape index (κ1) is 13.0. The Bertz CT molecular complexity index is 529. The zero-order chi connectivity index (χ0) is 12.4. The third kappa shape index (κ3) is 2.89. The quantitative estimate of drug-likeness (QED) is 0.592. The fraction of sp³-hybridized carbons (Fsp3) is 0.0769. The van der Waals surface area contributed by atoms with E-state index < -0.39 is 0 Å². The molecule has 2 aromatic rings. The Hall–Kier alpha value is -0.400. The molecule has 4 heteroatoms. The van der Waals surface area contributed by atoms with Crippen LogP contribution >= 0.6 is 46.4 Å². The van der Waals surface area contributed by atoms with Crippen molar-refractivity contribution >= 4 is 46.4 Å². The number of rotatable bonds is 2. The third-order valence-corrected chi connectivity index (χ3v) is 3.48. The Morgan fingerprint density at radius 2 is 1.53 bits per heavy atom. The highest BCUT2D eigenvalue weighted by molar-refractivity contribution is 6.35. The van der Waals surface area contributed by atoms with Gasteiger partial charge in [-0.05, 0) is 41.0 Å². The van der Waals surface area contributed by atoms with E-state index in [0.29, 0.717) is 20.9 Å². The number of hydrogen-bond donors (Lipinski definition) is 0. The molecule has 0 aliphatic carbocycles. The molecule has 0 bridgehead atoms. The first-order valence-electron chi connectivity index (χ1n) is 4.91. The lowest BCUT2D eigenvalue weighted by molar-refractivity contribution is 1.40. The van der Waals surface area contributed by atoms with E-state index in [0.717, 1.165) is 16.7 Å². The lowest BCUT2D eigenvalue weighted by Gasteiger charge is -2.10. The van der Waals surface area contributed by atoms with E-state index in [4.69, 9.17) is 46.4 Å². The summed E-state index contributed by atoms with van der Waals surface area (Å²) in [6.45, 7) is 0.